The van der Waals surface area contributed by atoms with Gasteiger partial charge in [0.2, 0.25) is 0 Å². The summed E-state index contributed by atoms with van der Waals surface area (Å²) in [6.45, 7) is 0.480. The fraction of sp³-hybridized carbons (Fsp3) is 0.375. The lowest BCUT2D eigenvalue weighted by Crippen LogP contribution is -2.37. The topological polar surface area (TPSA) is 111 Å². The first-order chi connectivity index (χ1) is 11.5. The van der Waals surface area contributed by atoms with Crippen LogP contribution >= 0.6 is 0 Å². The van der Waals surface area contributed by atoms with E-state index in [4.69, 9.17) is 5.11 Å². The molecule has 0 aromatic heterocycles. The third-order valence-corrected chi connectivity index (χ3v) is 4.29. The molecule has 1 amide bonds. The Labute approximate surface area is 138 Å². The van der Waals surface area contributed by atoms with E-state index in [0.29, 0.717) is 18.7 Å². The molecule has 1 aromatic carbocycles. The van der Waals surface area contributed by atoms with Crippen molar-refractivity contribution in [2.45, 2.75) is 18.9 Å². The lowest BCUT2D eigenvalue weighted by atomic mass is 10.1. The maximum Gasteiger partial charge on any atom is 0.328 e. The Balaban J connectivity index is 1.80. The number of carboxylic acids is 2. The Bertz CT molecular complexity index is 703. The summed E-state index contributed by atoms with van der Waals surface area (Å²) in [5.41, 5.74) is 0.745. The van der Waals surface area contributed by atoms with Crippen LogP contribution in [0.25, 0.3) is 0 Å². The van der Waals surface area contributed by atoms with Crippen molar-refractivity contribution in [3.05, 3.63) is 30.3 Å². The molecule has 2 aliphatic heterocycles. The number of nitrogens with zero attached hydrogens (tertiary/aromatic N) is 3. The molecule has 0 radical (unpaired) electrons. The molecule has 1 aromatic rings. The molecule has 2 N–H and O–H groups in total. The van der Waals surface area contributed by atoms with Gasteiger partial charge < -0.3 is 15.1 Å². The van der Waals surface area contributed by atoms with Gasteiger partial charge in [-0.2, -0.15) is 5.10 Å². The van der Waals surface area contributed by atoms with Crippen LogP contribution in [0.5, 0.6) is 0 Å². The van der Waals surface area contributed by atoms with Crippen molar-refractivity contribution in [1.82, 2.24) is 4.90 Å². The van der Waals surface area contributed by atoms with E-state index in [0.717, 1.165) is 0 Å². The minimum atomic E-state index is -1.06. The van der Waals surface area contributed by atoms with Crippen LogP contribution in [0.4, 0.5) is 5.69 Å². The van der Waals surface area contributed by atoms with Crippen molar-refractivity contribution >= 4 is 29.2 Å². The number of hydrazone groups is 1. The first-order valence-corrected chi connectivity index (χ1v) is 7.64. The van der Waals surface area contributed by atoms with E-state index in [1.807, 2.05) is 0 Å². The molecule has 0 bridgehead atoms. The first kappa shape index (κ1) is 16.0. The number of para-hydroxylation sites is 1. The molecule has 8 nitrogen and oxygen atoms in total. The smallest absolute Gasteiger partial charge is 0.328 e. The Hall–Kier alpha value is -2.90. The minimum Gasteiger partial charge on any atom is -0.481 e. The molecule has 2 atom stereocenters. The molecule has 2 unspecified atom stereocenters. The van der Waals surface area contributed by atoms with Gasteiger partial charge in [0.05, 0.1) is 11.6 Å². The fourth-order valence-electron chi connectivity index (χ4n) is 2.98. The first-order valence-electron chi connectivity index (χ1n) is 7.64. The number of likely N-dealkylation sites (tertiary alicyclic amines) is 1. The van der Waals surface area contributed by atoms with Gasteiger partial charge >= 0.3 is 11.9 Å². The number of hydrogen-bond acceptors (Lipinski definition) is 5. The number of rotatable bonds is 4. The highest BCUT2D eigenvalue weighted by Crippen LogP contribution is 2.26. The lowest BCUT2D eigenvalue weighted by Gasteiger charge is -2.19. The van der Waals surface area contributed by atoms with Gasteiger partial charge in [-0.1, -0.05) is 18.2 Å². The minimum absolute atomic E-state index is 0.00268. The second-order valence-corrected chi connectivity index (χ2v) is 5.86. The average Bonchev–Trinajstić information content (AvgIpc) is 3.22. The molecule has 1 saturated heterocycles. The molecular formula is C16H17N3O5. The zero-order valence-corrected chi connectivity index (χ0v) is 12.8. The zero-order valence-electron chi connectivity index (χ0n) is 12.8. The fourth-order valence-corrected chi connectivity index (χ4v) is 2.98. The number of amides is 1. The van der Waals surface area contributed by atoms with Gasteiger partial charge in [0, 0.05) is 19.5 Å². The van der Waals surface area contributed by atoms with E-state index in [1.165, 1.54) is 9.91 Å². The maximum atomic E-state index is 12.5. The van der Waals surface area contributed by atoms with Crippen LogP contribution in [0.3, 0.4) is 0 Å². The molecule has 3 rings (SSSR count). The highest BCUT2D eigenvalue weighted by Gasteiger charge is 2.39. The van der Waals surface area contributed by atoms with Gasteiger partial charge in [0.15, 0.2) is 6.04 Å². The van der Waals surface area contributed by atoms with Crippen molar-refractivity contribution in [2.75, 3.05) is 18.1 Å². The molecule has 126 valence electrons. The highest BCUT2D eigenvalue weighted by molar-refractivity contribution is 6.40. The van der Waals surface area contributed by atoms with E-state index in [1.54, 1.807) is 30.3 Å². The van der Waals surface area contributed by atoms with Crippen molar-refractivity contribution in [2.24, 2.45) is 11.0 Å². The van der Waals surface area contributed by atoms with Crippen LogP contribution in [-0.4, -0.2) is 57.8 Å². The van der Waals surface area contributed by atoms with Crippen LogP contribution in [0.15, 0.2) is 35.4 Å². The molecule has 0 saturated carbocycles. The van der Waals surface area contributed by atoms with E-state index in [9.17, 15) is 19.5 Å². The summed E-state index contributed by atoms with van der Waals surface area (Å²) in [7, 11) is 0. The summed E-state index contributed by atoms with van der Waals surface area (Å²) in [5, 5.41) is 24.0. The number of aliphatic carboxylic acids is 2. The summed E-state index contributed by atoms with van der Waals surface area (Å²) < 4.78 is 0. The zero-order chi connectivity index (χ0) is 17.3. The third kappa shape index (κ3) is 2.94. The summed E-state index contributed by atoms with van der Waals surface area (Å²) in [5.74, 6) is -2.94. The largest absolute Gasteiger partial charge is 0.481 e. The van der Waals surface area contributed by atoms with Crippen molar-refractivity contribution in [3.63, 3.8) is 0 Å². The lowest BCUT2D eigenvalue weighted by molar-refractivity contribution is -0.141. The molecule has 1 fully saturated rings. The third-order valence-electron chi connectivity index (χ3n) is 4.29. The van der Waals surface area contributed by atoms with E-state index < -0.39 is 23.9 Å². The van der Waals surface area contributed by atoms with E-state index in [2.05, 4.69) is 5.10 Å². The van der Waals surface area contributed by atoms with Crippen LogP contribution in [0.2, 0.25) is 0 Å². The SMILES string of the molecule is O=C(O)C1CCN(C(=O)C2=NN(c3ccccc3)C(C(=O)O)C2)C1. The van der Waals surface area contributed by atoms with Crippen LogP contribution in [0.1, 0.15) is 12.8 Å². The molecule has 2 aliphatic rings. The van der Waals surface area contributed by atoms with E-state index in [-0.39, 0.29) is 24.6 Å². The number of carboxylic acid groups (broad SMARTS) is 2. The Morgan fingerprint density at radius 1 is 1.08 bits per heavy atom. The maximum absolute atomic E-state index is 12.5. The number of anilines is 1. The van der Waals surface area contributed by atoms with Gasteiger partial charge in [-0.05, 0) is 18.6 Å². The quantitative estimate of drug-likeness (QED) is 0.837. The standard InChI is InChI=1S/C16H17N3O5/c20-14(18-7-6-10(9-18)15(21)22)12-8-13(16(23)24)19(17-12)11-4-2-1-3-5-11/h1-5,10,13H,6-9H2,(H,21,22)(H,23,24). The van der Waals surface area contributed by atoms with Crippen molar-refractivity contribution in [1.29, 1.82) is 0 Å². The van der Waals surface area contributed by atoms with Gasteiger partial charge in [-0.3, -0.25) is 14.6 Å². The Kier molecular flexibility index (Phi) is 4.20. The normalized spacial score (nSPS) is 23.2. The molecule has 2 heterocycles. The van der Waals surface area contributed by atoms with Crippen molar-refractivity contribution < 1.29 is 24.6 Å². The highest BCUT2D eigenvalue weighted by atomic mass is 16.4. The molecular weight excluding hydrogens is 314 g/mol. The molecule has 8 heteroatoms. The van der Waals surface area contributed by atoms with Gasteiger partial charge in [0.25, 0.3) is 5.91 Å². The van der Waals surface area contributed by atoms with E-state index >= 15 is 0 Å². The van der Waals surface area contributed by atoms with Crippen LogP contribution in [0, 0.1) is 5.92 Å². The van der Waals surface area contributed by atoms with Crippen molar-refractivity contribution in [3.8, 4) is 0 Å². The molecule has 0 aliphatic carbocycles. The van der Waals surface area contributed by atoms with Gasteiger partial charge in [0.1, 0.15) is 5.71 Å². The predicted molar refractivity (Wildman–Crippen MR) is 84.7 cm³/mol. The number of carbonyl (C=O) groups excluding carboxylic acids is 1. The summed E-state index contributed by atoms with van der Waals surface area (Å²) in [4.78, 5) is 36.5. The number of benzene rings is 1. The predicted octanol–water partition coefficient (Wildman–Crippen LogP) is 0.639. The molecule has 0 spiro atoms. The second-order valence-electron chi connectivity index (χ2n) is 5.86. The Morgan fingerprint density at radius 2 is 1.79 bits per heavy atom. The summed E-state index contributed by atoms with van der Waals surface area (Å²) in [6, 6.07) is 7.85. The molecule has 24 heavy (non-hydrogen) atoms. The Morgan fingerprint density at radius 3 is 2.38 bits per heavy atom. The van der Waals surface area contributed by atoms with Gasteiger partial charge in [-0.25, -0.2) is 4.79 Å². The van der Waals surface area contributed by atoms with Crippen LogP contribution < -0.4 is 5.01 Å². The number of hydrogen-bond donors (Lipinski definition) is 2. The van der Waals surface area contributed by atoms with Gasteiger partial charge in [-0.15, -0.1) is 0 Å². The summed E-state index contributed by atoms with van der Waals surface area (Å²) in [6.07, 6.45) is 0.399. The second kappa shape index (κ2) is 6.31. The summed E-state index contributed by atoms with van der Waals surface area (Å²) >= 11 is 0. The average molecular weight is 331 g/mol. The number of carbonyl (C=O) groups is 3. The monoisotopic (exact) mass is 331 g/mol. The van der Waals surface area contributed by atoms with Crippen LogP contribution in [-0.2, 0) is 14.4 Å².